The van der Waals surface area contributed by atoms with Crippen LogP contribution in [0.4, 0.5) is 24.5 Å². The van der Waals surface area contributed by atoms with Gasteiger partial charge in [-0.05, 0) is 87.6 Å². The average molecular weight is 732 g/mol. The Morgan fingerprint density at radius 2 is 1.62 bits per heavy atom. The van der Waals surface area contributed by atoms with Gasteiger partial charge in [-0.3, -0.25) is 19.3 Å². The second-order valence-electron chi connectivity index (χ2n) is 11.3. The van der Waals surface area contributed by atoms with Crippen LogP contribution in [0.25, 0.3) is 0 Å². The van der Waals surface area contributed by atoms with E-state index in [1.54, 1.807) is 48.5 Å². The summed E-state index contributed by atoms with van der Waals surface area (Å²) in [5, 5.41) is 5.89. The van der Waals surface area contributed by atoms with Crippen molar-refractivity contribution in [2.24, 2.45) is 0 Å². The topological polar surface area (TPSA) is 91.0 Å². The van der Waals surface area contributed by atoms with Gasteiger partial charge in [0.05, 0.1) is 40.4 Å². The summed E-state index contributed by atoms with van der Waals surface area (Å²) >= 11 is 11.6. The smallest absolute Gasteiger partial charge is 0.417 e. The van der Waals surface area contributed by atoms with Gasteiger partial charge in [0.2, 0.25) is 0 Å². The maximum atomic E-state index is 12.9. The number of carbonyl (C=O) groups is 3. The first-order chi connectivity index (χ1) is 23.2. The van der Waals surface area contributed by atoms with E-state index < -0.39 is 22.7 Å². The summed E-state index contributed by atoms with van der Waals surface area (Å²) in [7, 11) is 3.86. The molecule has 3 amide bonds. The number of benzene rings is 4. The van der Waals surface area contributed by atoms with Crippen molar-refractivity contribution in [3.05, 3.63) is 122 Å². The van der Waals surface area contributed by atoms with Crippen LogP contribution in [-0.4, -0.2) is 61.3 Å². The lowest BCUT2D eigenvalue weighted by Gasteiger charge is -2.15. The lowest BCUT2D eigenvalue weighted by Crippen LogP contribution is -2.29. The molecular weight excluding hydrogens is 692 g/mol. The fourth-order valence-electron chi connectivity index (χ4n) is 4.98. The standard InChI is InChI=1S/C18H19ClF3N3O.C18H16ClNO3.CH4/c1-25(2)10-9-23-16-6-4-3-5-13(16)17(26)24-12-7-8-15(19)14(11-12)18(20,21)22;1-3-23-15-6-4-5-13-16(15)18(22)20(17(13)21)10-12-7-8-14(19)11(2)9-12;/h3-8,11,23H,9-10H2,1-2H3,(H,24,26);4-9H,3,10H2,1-2H3;1H4. The van der Waals surface area contributed by atoms with Crippen LogP contribution in [0, 0.1) is 6.92 Å². The van der Waals surface area contributed by atoms with Crippen molar-refractivity contribution >= 4 is 52.3 Å². The first kappa shape index (κ1) is 39.9. The average Bonchev–Trinajstić information content (AvgIpc) is 3.29. The van der Waals surface area contributed by atoms with Crippen molar-refractivity contribution in [3.8, 4) is 5.75 Å². The quantitative estimate of drug-likeness (QED) is 0.158. The third-order valence-corrected chi connectivity index (χ3v) is 8.15. The number of halogens is 5. The Morgan fingerprint density at radius 1 is 0.920 bits per heavy atom. The van der Waals surface area contributed by atoms with E-state index in [2.05, 4.69) is 10.6 Å². The summed E-state index contributed by atoms with van der Waals surface area (Å²) in [6, 6.07) is 20.7. The number of amides is 3. The number of imide groups is 1. The van der Waals surface area contributed by atoms with Crippen molar-refractivity contribution in [1.29, 1.82) is 0 Å². The van der Waals surface area contributed by atoms with E-state index in [0.29, 0.717) is 46.3 Å². The molecule has 13 heteroatoms. The van der Waals surface area contributed by atoms with E-state index in [1.165, 1.54) is 11.0 Å². The molecule has 4 aromatic rings. The number of ether oxygens (including phenoxy) is 1. The van der Waals surface area contributed by atoms with E-state index >= 15 is 0 Å². The highest BCUT2D eigenvalue weighted by atomic mass is 35.5. The maximum absolute atomic E-state index is 12.9. The zero-order valence-electron chi connectivity index (χ0n) is 27.3. The molecule has 0 spiro atoms. The Hall–Kier alpha value is -4.58. The van der Waals surface area contributed by atoms with Gasteiger partial charge in [0.25, 0.3) is 17.7 Å². The summed E-state index contributed by atoms with van der Waals surface area (Å²) in [5.74, 6) is -0.660. The number of aryl methyl sites for hydroxylation is 1. The molecule has 0 saturated heterocycles. The van der Waals surface area contributed by atoms with E-state index in [9.17, 15) is 27.6 Å². The Labute approximate surface area is 300 Å². The molecule has 0 atom stereocenters. The van der Waals surface area contributed by atoms with E-state index in [0.717, 1.165) is 29.8 Å². The second-order valence-corrected chi connectivity index (χ2v) is 12.1. The van der Waals surface area contributed by atoms with Crippen LogP contribution in [0.2, 0.25) is 10.0 Å². The van der Waals surface area contributed by atoms with Crippen LogP contribution in [0.5, 0.6) is 5.75 Å². The molecule has 0 aliphatic carbocycles. The number of carbonyl (C=O) groups excluding carboxylic acids is 3. The molecule has 8 nitrogen and oxygen atoms in total. The summed E-state index contributed by atoms with van der Waals surface area (Å²) in [5.41, 5.74) is 2.50. The van der Waals surface area contributed by atoms with Gasteiger partial charge in [0, 0.05) is 29.5 Å². The Kier molecular flexibility index (Phi) is 13.9. The molecular formula is C37H39Cl2F3N4O4. The zero-order valence-corrected chi connectivity index (χ0v) is 28.8. The van der Waals surface area contributed by atoms with Gasteiger partial charge in [0.1, 0.15) is 5.75 Å². The molecule has 50 heavy (non-hydrogen) atoms. The van der Waals surface area contributed by atoms with Crippen LogP contribution >= 0.6 is 23.2 Å². The van der Waals surface area contributed by atoms with Gasteiger partial charge >= 0.3 is 6.18 Å². The molecule has 0 radical (unpaired) electrons. The molecule has 5 rings (SSSR count). The summed E-state index contributed by atoms with van der Waals surface area (Å²) in [4.78, 5) is 40.9. The summed E-state index contributed by atoms with van der Waals surface area (Å²) < 4.78 is 44.3. The van der Waals surface area contributed by atoms with Gasteiger partial charge < -0.3 is 20.3 Å². The molecule has 1 heterocycles. The van der Waals surface area contributed by atoms with Crippen molar-refractivity contribution < 1.29 is 32.3 Å². The molecule has 1 aliphatic rings. The SMILES string of the molecule is C.CCOc1cccc2c1C(=O)N(Cc1ccc(Cl)c(C)c1)C2=O.CN(C)CCNc1ccccc1C(=O)Nc1ccc(Cl)c(C(F)(F)F)c1. The summed E-state index contributed by atoms with van der Waals surface area (Å²) in [6.07, 6.45) is -4.59. The number of anilines is 2. The lowest BCUT2D eigenvalue weighted by molar-refractivity contribution is -0.137. The van der Waals surface area contributed by atoms with Crippen LogP contribution < -0.4 is 15.4 Å². The number of nitrogens with zero attached hydrogens (tertiary/aromatic N) is 2. The number of rotatable bonds is 10. The Bertz CT molecular complexity index is 1850. The Morgan fingerprint density at radius 3 is 2.28 bits per heavy atom. The molecule has 2 N–H and O–H groups in total. The predicted octanol–water partition coefficient (Wildman–Crippen LogP) is 9.06. The van der Waals surface area contributed by atoms with E-state index in [1.807, 2.05) is 45.0 Å². The maximum Gasteiger partial charge on any atom is 0.417 e. The molecule has 4 aromatic carbocycles. The molecule has 0 aromatic heterocycles. The highest BCUT2D eigenvalue weighted by Crippen LogP contribution is 2.36. The molecule has 266 valence electrons. The molecule has 0 unspecified atom stereocenters. The van der Waals surface area contributed by atoms with Crippen LogP contribution in [0.15, 0.2) is 78.9 Å². The predicted molar refractivity (Wildman–Crippen MR) is 193 cm³/mol. The third-order valence-electron chi connectivity index (χ3n) is 7.40. The van der Waals surface area contributed by atoms with Gasteiger partial charge in [-0.25, -0.2) is 0 Å². The monoisotopic (exact) mass is 730 g/mol. The highest BCUT2D eigenvalue weighted by Gasteiger charge is 2.38. The molecule has 1 aliphatic heterocycles. The minimum absolute atomic E-state index is 0. The minimum Gasteiger partial charge on any atom is -0.493 e. The number of fused-ring (bicyclic) bond motifs is 1. The first-order valence-electron chi connectivity index (χ1n) is 15.2. The fourth-order valence-corrected chi connectivity index (χ4v) is 5.32. The van der Waals surface area contributed by atoms with E-state index in [-0.39, 0.29) is 31.5 Å². The van der Waals surface area contributed by atoms with Crippen LogP contribution in [-0.2, 0) is 12.7 Å². The normalized spacial score (nSPS) is 12.2. The van der Waals surface area contributed by atoms with Crippen LogP contribution in [0.1, 0.15) is 62.1 Å². The van der Waals surface area contributed by atoms with Gasteiger partial charge in [0.15, 0.2) is 0 Å². The van der Waals surface area contributed by atoms with Gasteiger partial charge in [-0.2, -0.15) is 13.2 Å². The number of hydrogen-bond donors (Lipinski definition) is 2. The van der Waals surface area contributed by atoms with Crippen molar-refractivity contribution in [2.45, 2.75) is 34.0 Å². The largest absolute Gasteiger partial charge is 0.493 e. The van der Waals surface area contributed by atoms with Crippen molar-refractivity contribution in [3.63, 3.8) is 0 Å². The van der Waals surface area contributed by atoms with Crippen LogP contribution in [0.3, 0.4) is 0 Å². The summed E-state index contributed by atoms with van der Waals surface area (Å²) in [6.45, 7) is 5.78. The number of nitrogens with one attached hydrogen (secondary N) is 2. The van der Waals surface area contributed by atoms with E-state index in [4.69, 9.17) is 27.9 Å². The Balaban J connectivity index is 0.000000267. The highest BCUT2D eigenvalue weighted by molar-refractivity contribution is 6.31. The fraction of sp³-hybridized carbons (Fsp3) is 0.270. The number of para-hydroxylation sites is 1. The van der Waals surface area contributed by atoms with Gasteiger partial charge in [-0.1, -0.05) is 61.0 Å². The second kappa shape index (κ2) is 17.4. The first-order valence-corrected chi connectivity index (χ1v) is 16.0. The minimum atomic E-state index is -4.59. The lowest BCUT2D eigenvalue weighted by atomic mass is 10.1. The molecule has 0 fully saturated rings. The van der Waals surface area contributed by atoms with Gasteiger partial charge in [-0.15, -0.1) is 0 Å². The van der Waals surface area contributed by atoms with Crippen molar-refractivity contribution in [2.75, 3.05) is 44.4 Å². The number of hydrogen-bond acceptors (Lipinski definition) is 6. The number of likely N-dealkylation sites (N-methyl/N-ethyl adjacent to an activating group) is 1. The zero-order chi connectivity index (χ0) is 35.9. The third kappa shape index (κ3) is 9.77. The number of alkyl halides is 3. The van der Waals surface area contributed by atoms with Crippen molar-refractivity contribution in [1.82, 2.24) is 9.80 Å². The molecule has 0 bridgehead atoms. The molecule has 0 saturated carbocycles.